The first-order valence-corrected chi connectivity index (χ1v) is 9.50. The van der Waals surface area contributed by atoms with Gasteiger partial charge in [-0.25, -0.2) is 4.68 Å². The minimum atomic E-state index is -0.266. The number of nitrogens with zero attached hydrogens (tertiary/aromatic N) is 2. The van der Waals surface area contributed by atoms with Crippen molar-refractivity contribution in [3.8, 4) is 0 Å². The van der Waals surface area contributed by atoms with Gasteiger partial charge in [-0.1, -0.05) is 60.2 Å². The number of hydrogen-bond acceptors (Lipinski definition) is 3. The molecule has 1 aromatic heterocycles. The number of rotatable bonds is 7. The summed E-state index contributed by atoms with van der Waals surface area (Å²) in [4.78, 5) is 24.7. The molecular weight excluding hydrogens is 350 g/mol. The van der Waals surface area contributed by atoms with Crippen molar-refractivity contribution >= 4 is 5.91 Å². The number of amides is 1. The van der Waals surface area contributed by atoms with Crippen molar-refractivity contribution in [3.05, 3.63) is 99.5 Å². The fraction of sp³-hybridized carbons (Fsp3) is 0.261. The largest absolute Gasteiger partial charge is 0.348 e. The predicted octanol–water partition coefficient (Wildman–Crippen LogP) is 3.35. The smallest absolute Gasteiger partial charge is 0.271 e. The summed E-state index contributed by atoms with van der Waals surface area (Å²) in [5.41, 5.74) is 3.39. The van der Waals surface area contributed by atoms with Crippen LogP contribution < -0.4 is 10.9 Å². The lowest BCUT2D eigenvalue weighted by atomic mass is 10.1. The van der Waals surface area contributed by atoms with E-state index < -0.39 is 0 Å². The summed E-state index contributed by atoms with van der Waals surface area (Å²) < 4.78 is 1.33. The van der Waals surface area contributed by atoms with E-state index in [0.717, 1.165) is 24.0 Å². The maximum Gasteiger partial charge on any atom is 0.271 e. The second-order valence-electron chi connectivity index (χ2n) is 7.10. The molecule has 0 aliphatic carbocycles. The van der Waals surface area contributed by atoms with Crippen LogP contribution in [0.1, 0.15) is 40.5 Å². The zero-order valence-electron chi connectivity index (χ0n) is 16.3. The van der Waals surface area contributed by atoms with Gasteiger partial charge in [0.1, 0.15) is 5.69 Å². The van der Waals surface area contributed by atoms with Gasteiger partial charge in [0, 0.05) is 12.1 Å². The third kappa shape index (κ3) is 5.39. The van der Waals surface area contributed by atoms with E-state index in [1.165, 1.54) is 22.4 Å². The standard InChI is InChI=1S/C23H25N3O2/c1-17-8-11-20(12-9-17)16-26-22(27)15-14-21(25-26)23(28)24-18(2)10-13-19-6-4-3-5-7-19/h3-9,11-12,14-15,18H,10,13,16H2,1-2H3,(H,24,28). The van der Waals surface area contributed by atoms with Crippen LogP contribution in [0.5, 0.6) is 0 Å². The summed E-state index contributed by atoms with van der Waals surface area (Å²) in [5, 5.41) is 7.22. The molecule has 0 saturated carbocycles. The predicted molar refractivity (Wildman–Crippen MR) is 110 cm³/mol. The summed E-state index contributed by atoms with van der Waals surface area (Å²) in [6.07, 6.45) is 1.72. The molecule has 28 heavy (non-hydrogen) atoms. The van der Waals surface area contributed by atoms with Gasteiger partial charge in [0.05, 0.1) is 6.54 Å². The minimum Gasteiger partial charge on any atom is -0.348 e. The van der Waals surface area contributed by atoms with Gasteiger partial charge < -0.3 is 5.32 Å². The molecule has 0 spiro atoms. The van der Waals surface area contributed by atoms with Gasteiger partial charge >= 0.3 is 0 Å². The number of aromatic nitrogens is 2. The molecule has 1 amide bonds. The average Bonchev–Trinajstić information content (AvgIpc) is 2.70. The second-order valence-corrected chi connectivity index (χ2v) is 7.10. The molecular formula is C23H25N3O2. The Morgan fingerprint density at radius 1 is 1.00 bits per heavy atom. The van der Waals surface area contributed by atoms with Crippen molar-refractivity contribution in [1.29, 1.82) is 0 Å². The molecule has 0 aliphatic rings. The maximum absolute atomic E-state index is 12.5. The molecule has 1 N–H and O–H groups in total. The van der Waals surface area contributed by atoms with Gasteiger partial charge in [-0.15, -0.1) is 0 Å². The van der Waals surface area contributed by atoms with E-state index in [-0.39, 0.29) is 23.2 Å². The third-order valence-electron chi connectivity index (χ3n) is 4.64. The Kier molecular flexibility index (Phi) is 6.37. The van der Waals surface area contributed by atoms with Crippen molar-refractivity contribution in [2.24, 2.45) is 0 Å². The Labute approximate surface area is 165 Å². The molecule has 3 rings (SSSR count). The molecule has 5 heteroatoms. The highest BCUT2D eigenvalue weighted by molar-refractivity contribution is 5.92. The summed E-state index contributed by atoms with van der Waals surface area (Å²) in [5.74, 6) is -0.266. The molecule has 0 saturated heterocycles. The van der Waals surface area contributed by atoms with Crippen LogP contribution in [0.25, 0.3) is 0 Å². The van der Waals surface area contributed by atoms with Crippen LogP contribution in [0.3, 0.4) is 0 Å². The summed E-state index contributed by atoms with van der Waals surface area (Å²) in [6.45, 7) is 4.32. The number of hydrogen-bond donors (Lipinski definition) is 1. The van der Waals surface area contributed by atoms with Crippen LogP contribution in [-0.4, -0.2) is 21.7 Å². The molecule has 0 radical (unpaired) electrons. The van der Waals surface area contributed by atoms with Crippen LogP contribution in [0, 0.1) is 6.92 Å². The van der Waals surface area contributed by atoms with Crippen LogP contribution in [0.2, 0.25) is 0 Å². The van der Waals surface area contributed by atoms with E-state index in [1.54, 1.807) is 0 Å². The Bertz CT molecular complexity index is 979. The molecule has 0 aliphatic heterocycles. The van der Waals surface area contributed by atoms with E-state index in [1.807, 2.05) is 56.3 Å². The highest BCUT2D eigenvalue weighted by atomic mass is 16.2. The SMILES string of the molecule is Cc1ccc(Cn2nc(C(=O)NC(C)CCc3ccccc3)ccc2=O)cc1. The van der Waals surface area contributed by atoms with Crippen molar-refractivity contribution in [3.63, 3.8) is 0 Å². The zero-order valence-corrected chi connectivity index (χ0v) is 16.3. The van der Waals surface area contributed by atoms with Gasteiger partial charge in [-0.3, -0.25) is 9.59 Å². The molecule has 5 nitrogen and oxygen atoms in total. The van der Waals surface area contributed by atoms with E-state index in [0.29, 0.717) is 6.54 Å². The highest BCUT2D eigenvalue weighted by Crippen LogP contribution is 2.06. The first-order chi connectivity index (χ1) is 13.5. The van der Waals surface area contributed by atoms with Crippen molar-refractivity contribution in [1.82, 2.24) is 15.1 Å². The topological polar surface area (TPSA) is 64.0 Å². The zero-order chi connectivity index (χ0) is 19.9. The molecule has 3 aromatic rings. The number of benzene rings is 2. The van der Waals surface area contributed by atoms with Crippen molar-refractivity contribution in [2.75, 3.05) is 0 Å². The van der Waals surface area contributed by atoms with Crippen LogP contribution in [0.4, 0.5) is 0 Å². The lowest BCUT2D eigenvalue weighted by Crippen LogP contribution is -2.35. The molecule has 0 fully saturated rings. The molecule has 1 unspecified atom stereocenters. The average molecular weight is 375 g/mol. The van der Waals surface area contributed by atoms with Crippen LogP contribution in [-0.2, 0) is 13.0 Å². The Balaban J connectivity index is 1.63. The summed E-state index contributed by atoms with van der Waals surface area (Å²) in [7, 11) is 0. The Morgan fingerprint density at radius 3 is 2.43 bits per heavy atom. The van der Waals surface area contributed by atoms with Gasteiger partial charge in [-0.2, -0.15) is 5.10 Å². The van der Waals surface area contributed by atoms with E-state index >= 15 is 0 Å². The first-order valence-electron chi connectivity index (χ1n) is 9.50. The number of aryl methyl sites for hydroxylation is 2. The van der Waals surface area contributed by atoms with Crippen molar-refractivity contribution in [2.45, 2.75) is 39.3 Å². The minimum absolute atomic E-state index is 0.00647. The van der Waals surface area contributed by atoms with Gasteiger partial charge in [0.15, 0.2) is 0 Å². The summed E-state index contributed by atoms with van der Waals surface area (Å²) in [6, 6.07) is 21.0. The van der Waals surface area contributed by atoms with Crippen LogP contribution in [0.15, 0.2) is 71.5 Å². The maximum atomic E-state index is 12.5. The third-order valence-corrected chi connectivity index (χ3v) is 4.64. The van der Waals surface area contributed by atoms with E-state index in [2.05, 4.69) is 22.5 Å². The first kappa shape index (κ1) is 19.5. The molecule has 144 valence electrons. The van der Waals surface area contributed by atoms with Crippen LogP contribution >= 0.6 is 0 Å². The van der Waals surface area contributed by atoms with Gasteiger partial charge in [-0.05, 0) is 43.9 Å². The number of nitrogens with one attached hydrogen (secondary N) is 1. The Morgan fingerprint density at radius 2 is 1.71 bits per heavy atom. The Hall–Kier alpha value is -3.21. The lowest BCUT2D eigenvalue weighted by molar-refractivity contribution is 0.0931. The highest BCUT2D eigenvalue weighted by Gasteiger charge is 2.13. The van der Waals surface area contributed by atoms with E-state index in [9.17, 15) is 9.59 Å². The molecule has 2 aromatic carbocycles. The number of carbonyl (C=O) groups excluding carboxylic acids is 1. The molecule has 1 atom stereocenters. The van der Waals surface area contributed by atoms with E-state index in [4.69, 9.17) is 0 Å². The quantitative estimate of drug-likeness (QED) is 0.689. The monoisotopic (exact) mass is 375 g/mol. The lowest BCUT2D eigenvalue weighted by Gasteiger charge is -2.14. The fourth-order valence-corrected chi connectivity index (χ4v) is 2.95. The van der Waals surface area contributed by atoms with Gasteiger partial charge in [0.25, 0.3) is 11.5 Å². The molecule has 1 heterocycles. The normalized spacial score (nSPS) is 11.8. The second kappa shape index (κ2) is 9.13. The fourth-order valence-electron chi connectivity index (χ4n) is 2.95. The molecule has 0 bridgehead atoms. The van der Waals surface area contributed by atoms with Gasteiger partial charge in [0.2, 0.25) is 0 Å². The number of carbonyl (C=O) groups is 1. The summed E-state index contributed by atoms with van der Waals surface area (Å²) >= 11 is 0. The van der Waals surface area contributed by atoms with Crippen molar-refractivity contribution < 1.29 is 4.79 Å².